The van der Waals surface area contributed by atoms with E-state index in [1.54, 1.807) is 30.0 Å². The fourth-order valence-electron chi connectivity index (χ4n) is 2.65. The van der Waals surface area contributed by atoms with E-state index in [1.165, 1.54) is 0 Å². The molecule has 0 spiro atoms. The Balaban J connectivity index is 1.59. The monoisotopic (exact) mass is 401 g/mol. The minimum atomic E-state index is -0.324. The van der Waals surface area contributed by atoms with Gasteiger partial charge in [0.2, 0.25) is 5.91 Å². The first-order valence-corrected chi connectivity index (χ1v) is 10.0. The number of fused-ring (bicyclic) bond motifs is 1. The first kappa shape index (κ1) is 19.3. The van der Waals surface area contributed by atoms with E-state index < -0.39 is 0 Å². The summed E-state index contributed by atoms with van der Waals surface area (Å²) in [6.07, 6.45) is 1.62. The number of anilines is 2. The number of thioether (sulfide) groups is 1. The van der Waals surface area contributed by atoms with Crippen molar-refractivity contribution in [3.05, 3.63) is 71.3 Å². The quantitative estimate of drug-likeness (QED) is 0.615. The number of hydrogen-bond acceptors (Lipinski definition) is 4. The van der Waals surface area contributed by atoms with Crippen molar-refractivity contribution in [1.29, 1.82) is 0 Å². The van der Waals surface area contributed by atoms with Gasteiger partial charge < -0.3 is 16.0 Å². The molecule has 2 aromatic carbocycles. The molecule has 27 heavy (non-hydrogen) atoms. The fourth-order valence-corrected chi connectivity index (χ4v) is 3.79. The second-order valence-electron chi connectivity index (χ2n) is 6.09. The van der Waals surface area contributed by atoms with Crippen LogP contribution < -0.4 is 16.0 Å². The highest BCUT2D eigenvalue weighted by Crippen LogP contribution is 2.29. The lowest BCUT2D eigenvalue weighted by Crippen LogP contribution is -2.40. The first-order valence-electron chi connectivity index (χ1n) is 8.49. The maximum absolute atomic E-state index is 12.4. The normalized spacial score (nSPS) is 15.3. The number of nitrogens with one attached hydrogen (secondary N) is 3. The van der Waals surface area contributed by atoms with Crippen LogP contribution >= 0.6 is 23.4 Å². The Bertz CT molecular complexity index is 855. The van der Waals surface area contributed by atoms with E-state index in [0.717, 1.165) is 17.0 Å². The molecule has 1 aliphatic heterocycles. The lowest BCUT2D eigenvalue weighted by molar-refractivity contribution is -0.116. The van der Waals surface area contributed by atoms with Crippen molar-refractivity contribution in [2.24, 2.45) is 0 Å². The Morgan fingerprint density at radius 3 is 2.74 bits per heavy atom. The molecule has 0 aliphatic carbocycles. The highest BCUT2D eigenvalue weighted by atomic mass is 35.5. The van der Waals surface area contributed by atoms with Gasteiger partial charge in [0.05, 0.1) is 11.4 Å². The third kappa shape index (κ3) is 5.05. The number of carbonyl (C=O) groups is 2. The van der Waals surface area contributed by atoms with Crippen LogP contribution in [0.3, 0.4) is 0 Å². The lowest BCUT2D eigenvalue weighted by Gasteiger charge is -2.27. The first-order chi connectivity index (χ1) is 13.1. The molecular formula is C20H20ClN3O2S. The van der Waals surface area contributed by atoms with Crippen molar-refractivity contribution in [3.8, 4) is 0 Å². The second kappa shape index (κ2) is 8.97. The van der Waals surface area contributed by atoms with E-state index >= 15 is 0 Å². The summed E-state index contributed by atoms with van der Waals surface area (Å²) in [6.45, 7) is 3.97. The van der Waals surface area contributed by atoms with Gasteiger partial charge >= 0.3 is 0 Å². The average molecular weight is 402 g/mol. The molecule has 140 valence electrons. The summed E-state index contributed by atoms with van der Waals surface area (Å²) < 4.78 is 0. The minimum Gasteiger partial charge on any atom is -0.371 e. The molecule has 0 radical (unpaired) electrons. The van der Waals surface area contributed by atoms with Crippen molar-refractivity contribution < 1.29 is 9.59 Å². The van der Waals surface area contributed by atoms with Gasteiger partial charge in [-0.05, 0) is 35.9 Å². The number of carbonyl (C=O) groups excluding carboxylic acids is 2. The van der Waals surface area contributed by atoms with Crippen molar-refractivity contribution in [2.45, 2.75) is 11.8 Å². The summed E-state index contributed by atoms with van der Waals surface area (Å²) in [5.74, 6) is 1.13. The molecule has 0 saturated carbocycles. The smallest absolute Gasteiger partial charge is 0.251 e. The molecule has 2 aromatic rings. The number of benzene rings is 2. The van der Waals surface area contributed by atoms with Crippen LogP contribution in [-0.2, 0) is 10.5 Å². The Hall–Kier alpha value is -2.44. The maximum Gasteiger partial charge on any atom is 0.251 e. The fraction of sp³-hybridized carbons (Fsp3) is 0.200. The maximum atomic E-state index is 12.4. The summed E-state index contributed by atoms with van der Waals surface area (Å²) in [5.41, 5.74) is 3.08. The Labute approximate surface area is 167 Å². The molecule has 3 rings (SSSR count). The Morgan fingerprint density at radius 1 is 1.22 bits per heavy atom. The Morgan fingerprint density at radius 2 is 2.00 bits per heavy atom. The number of hydrogen-bond donors (Lipinski definition) is 3. The Kier molecular flexibility index (Phi) is 6.42. The van der Waals surface area contributed by atoms with E-state index in [-0.39, 0.29) is 17.9 Å². The number of rotatable bonds is 7. The molecule has 2 amide bonds. The summed E-state index contributed by atoms with van der Waals surface area (Å²) >= 11 is 7.57. The van der Waals surface area contributed by atoms with Crippen molar-refractivity contribution in [1.82, 2.24) is 5.32 Å². The van der Waals surface area contributed by atoms with Gasteiger partial charge in [0.25, 0.3) is 5.91 Å². The number of halogens is 1. The van der Waals surface area contributed by atoms with Crippen LogP contribution in [0, 0.1) is 0 Å². The van der Waals surface area contributed by atoms with Gasteiger partial charge in [0.1, 0.15) is 6.04 Å². The summed E-state index contributed by atoms with van der Waals surface area (Å²) in [5, 5.41) is 9.57. The molecule has 1 atom stereocenters. The number of amides is 2. The van der Waals surface area contributed by atoms with E-state index in [0.29, 0.717) is 28.6 Å². The summed E-state index contributed by atoms with van der Waals surface area (Å²) in [6, 6.07) is 12.6. The van der Waals surface area contributed by atoms with E-state index in [9.17, 15) is 9.59 Å². The highest BCUT2D eigenvalue weighted by molar-refractivity contribution is 7.98. The van der Waals surface area contributed by atoms with Crippen LogP contribution in [-0.4, -0.2) is 30.2 Å². The molecule has 0 bridgehead atoms. The van der Waals surface area contributed by atoms with E-state index in [1.807, 2.05) is 30.3 Å². The van der Waals surface area contributed by atoms with Crippen LogP contribution in [0.5, 0.6) is 0 Å². The van der Waals surface area contributed by atoms with Crippen molar-refractivity contribution in [3.63, 3.8) is 0 Å². The van der Waals surface area contributed by atoms with Crippen molar-refractivity contribution in [2.75, 3.05) is 22.9 Å². The SMILES string of the molecule is C=CCNC(=O)c1ccc2c(c1)NC(=O)C(CSCc1ccc(Cl)cc1)N2. The van der Waals surface area contributed by atoms with Crippen LogP contribution in [0.25, 0.3) is 0 Å². The zero-order valence-electron chi connectivity index (χ0n) is 14.6. The molecular weight excluding hydrogens is 382 g/mol. The zero-order chi connectivity index (χ0) is 19.2. The van der Waals surface area contributed by atoms with Gasteiger partial charge in [0, 0.05) is 28.6 Å². The zero-order valence-corrected chi connectivity index (χ0v) is 16.2. The molecule has 1 heterocycles. The van der Waals surface area contributed by atoms with Gasteiger partial charge in [-0.2, -0.15) is 11.8 Å². The van der Waals surface area contributed by atoms with E-state index in [2.05, 4.69) is 22.5 Å². The van der Waals surface area contributed by atoms with Crippen LogP contribution in [0.4, 0.5) is 11.4 Å². The molecule has 0 fully saturated rings. The summed E-state index contributed by atoms with van der Waals surface area (Å²) in [7, 11) is 0. The van der Waals surface area contributed by atoms with Crippen molar-refractivity contribution >= 4 is 46.6 Å². The predicted molar refractivity (Wildman–Crippen MR) is 113 cm³/mol. The molecule has 7 heteroatoms. The largest absolute Gasteiger partial charge is 0.371 e. The topological polar surface area (TPSA) is 70.2 Å². The van der Waals surface area contributed by atoms with Gasteiger partial charge in [-0.15, -0.1) is 6.58 Å². The highest BCUT2D eigenvalue weighted by Gasteiger charge is 2.25. The lowest BCUT2D eigenvalue weighted by atomic mass is 10.1. The molecule has 0 aromatic heterocycles. The van der Waals surface area contributed by atoms with Gasteiger partial charge in [-0.3, -0.25) is 9.59 Å². The third-order valence-electron chi connectivity index (χ3n) is 4.06. The molecule has 0 saturated heterocycles. The van der Waals surface area contributed by atoms with Crippen LogP contribution in [0.15, 0.2) is 55.1 Å². The average Bonchev–Trinajstić information content (AvgIpc) is 2.67. The van der Waals surface area contributed by atoms with Crippen LogP contribution in [0.2, 0.25) is 5.02 Å². The predicted octanol–water partition coefficient (Wildman–Crippen LogP) is 3.92. The molecule has 1 aliphatic rings. The second-order valence-corrected chi connectivity index (χ2v) is 7.55. The van der Waals surface area contributed by atoms with Gasteiger partial charge in [0.15, 0.2) is 0 Å². The molecule has 1 unspecified atom stereocenters. The third-order valence-corrected chi connectivity index (χ3v) is 5.42. The standard InChI is InChI=1S/C20H20ClN3O2S/c1-2-9-22-19(25)14-5-8-16-17(10-14)24-20(26)18(23-16)12-27-11-13-3-6-15(21)7-4-13/h2-8,10,18,23H,1,9,11-12H2,(H,22,25)(H,24,26). The van der Waals surface area contributed by atoms with E-state index in [4.69, 9.17) is 11.6 Å². The molecule has 5 nitrogen and oxygen atoms in total. The molecule has 3 N–H and O–H groups in total. The minimum absolute atomic E-state index is 0.102. The van der Waals surface area contributed by atoms with Gasteiger partial charge in [-0.25, -0.2) is 0 Å². The summed E-state index contributed by atoms with van der Waals surface area (Å²) in [4.78, 5) is 24.4. The van der Waals surface area contributed by atoms with Crippen LogP contribution in [0.1, 0.15) is 15.9 Å². The van der Waals surface area contributed by atoms with Gasteiger partial charge in [-0.1, -0.05) is 29.8 Å².